The molecule has 0 amide bonds. The van der Waals surface area contributed by atoms with Crippen LogP contribution >= 0.6 is 23.4 Å². The molecule has 0 aliphatic heterocycles. The fourth-order valence-electron chi connectivity index (χ4n) is 2.46. The maximum absolute atomic E-state index is 6.22. The molecule has 4 nitrogen and oxygen atoms in total. The van der Waals surface area contributed by atoms with Crippen molar-refractivity contribution in [3.05, 3.63) is 70.5 Å². The molecule has 0 fully saturated rings. The number of halogens is 1. The van der Waals surface area contributed by atoms with Crippen LogP contribution in [0.1, 0.15) is 23.9 Å². The summed E-state index contributed by atoms with van der Waals surface area (Å²) in [7, 11) is 0. The Kier molecular flexibility index (Phi) is 6.00. The quantitative estimate of drug-likeness (QED) is 0.538. The van der Waals surface area contributed by atoms with Crippen LogP contribution in [0.3, 0.4) is 0 Å². The Hall–Kier alpha value is -1.98. The van der Waals surface area contributed by atoms with Gasteiger partial charge in [0.25, 0.3) is 0 Å². The van der Waals surface area contributed by atoms with Crippen molar-refractivity contribution in [2.75, 3.05) is 0 Å². The third-order valence-electron chi connectivity index (χ3n) is 3.78. The van der Waals surface area contributed by atoms with Crippen molar-refractivity contribution in [2.45, 2.75) is 37.9 Å². The molecule has 0 atom stereocenters. The lowest BCUT2D eigenvalue weighted by Gasteiger charge is -2.09. The summed E-state index contributed by atoms with van der Waals surface area (Å²) in [6, 6.07) is 15.9. The second-order valence-electron chi connectivity index (χ2n) is 5.63. The summed E-state index contributed by atoms with van der Waals surface area (Å²) in [6.07, 6.45) is 0. The molecule has 1 heterocycles. The number of aryl methyl sites for hydroxylation is 1. The fourth-order valence-corrected chi connectivity index (χ4v) is 3.77. The highest BCUT2D eigenvalue weighted by Gasteiger charge is 2.13. The minimum atomic E-state index is 0.400. The van der Waals surface area contributed by atoms with Crippen LogP contribution in [0.25, 0.3) is 0 Å². The van der Waals surface area contributed by atoms with Crippen LogP contribution in [-0.2, 0) is 18.9 Å². The first-order chi connectivity index (χ1) is 12.2. The van der Waals surface area contributed by atoms with E-state index in [9.17, 15) is 0 Å². The number of ether oxygens (including phenoxy) is 1. The van der Waals surface area contributed by atoms with Crippen molar-refractivity contribution in [1.82, 2.24) is 14.8 Å². The van der Waals surface area contributed by atoms with E-state index in [1.165, 1.54) is 5.56 Å². The number of thioether (sulfide) groups is 1. The molecule has 3 rings (SSSR count). The zero-order valence-corrected chi connectivity index (χ0v) is 15.8. The molecule has 25 heavy (non-hydrogen) atoms. The van der Waals surface area contributed by atoms with Crippen molar-refractivity contribution in [3.8, 4) is 5.75 Å². The standard InChI is InChI=1S/C19H20ClN3OS/c1-3-23-18(12-24-16-9-6-7-14(2)11-16)21-22-19(23)25-13-15-8-4-5-10-17(15)20/h4-11H,3,12-13H2,1-2H3. The number of nitrogens with zero attached hydrogens (tertiary/aromatic N) is 3. The summed E-state index contributed by atoms with van der Waals surface area (Å²) in [5.41, 5.74) is 2.27. The van der Waals surface area contributed by atoms with Gasteiger partial charge in [-0.2, -0.15) is 0 Å². The largest absolute Gasteiger partial charge is 0.486 e. The van der Waals surface area contributed by atoms with Gasteiger partial charge in [-0.05, 0) is 43.2 Å². The van der Waals surface area contributed by atoms with Gasteiger partial charge in [-0.25, -0.2) is 0 Å². The van der Waals surface area contributed by atoms with E-state index in [0.29, 0.717) is 6.61 Å². The van der Waals surface area contributed by atoms with E-state index in [1.807, 2.05) is 55.5 Å². The Balaban J connectivity index is 1.67. The predicted octanol–water partition coefficient (Wildman–Crippen LogP) is 5.13. The molecule has 1 aromatic heterocycles. The van der Waals surface area contributed by atoms with Gasteiger partial charge >= 0.3 is 0 Å². The molecule has 2 aromatic carbocycles. The summed E-state index contributed by atoms with van der Waals surface area (Å²) < 4.78 is 7.94. The monoisotopic (exact) mass is 373 g/mol. The minimum absolute atomic E-state index is 0.400. The SMILES string of the molecule is CCn1c(COc2cccc(C)c2)nnc1SCc1ccccc1Cl. The lowest BCUT2D eigenvalue weighted by Crippen LogP contribution is -2.07. The first kappa shape index (κ1) is 17.8. The summed E-state index contributed by atoms with van der Waals surface area (Å²) in [5.74, 6) is 2.43. The molecule has 0 aliphatic rings. The van der Waals surface area contributed by atoms with E-state index in [-0.39, 0.29) is 0 Å². The van der Waals surface area contributed by atoms with E-state index < -0.39 is 0 Å². The van der Waals surface area contributed by atoms with Gasteiger partial charge in [-0.3, -0.25) is 0 Å². The van der Waals surface area contributed by atoms with Gasteiger partial charge in [-0.15, -0.1) is 10.2 Å². The van der Waals surface area contributed by atoms with Crippen LogP contribution in [0, 0.1) is 6.92 Å². The summed E-state index contributed by atoms with van der Waals surface area (Å²) in [4.78, 5) is 0. The van der Waals surface area contributed by atoms with Crippen molar-refractivity contribution >= 4 is 23.4 Å². The molecule has 6 heteroatoms. The second-order valence-corrected chi connectivity index (χ2v) is 6.98. The van der Waals surface area contributed by atoms with Crippen LogP contribution in [-0.4, -0.2) is 14.8 Å². The van der Waals surface area contributed by atoms with Crippen molar-refractivity contribution in [1.29, 1.82) is 0 Å². The lowest BCUT2D eigenvalue weighted by atomic mass is 10.2. The average Bonchev–Trinajstić information content (AvgIpc) is 3.01. The molecule has 0 unspecified atom stereocenters. The fraction of sp³-hybridized carbons (Fsp3) is 0.263. The van der Waals surface area contributed by atoms with Crippen molar-refractivity contribution in [2.24, 2.45) is 0 Å². The highest BCUT2D eigenvalue weighted by molar-refractivity contribution is 7.98. The number of hydrogen-bond acceptors (Lipinski definition) is 4. The molecule has 0 radical (unpaired) electrons. The van der Waals surface area contributed by atoms with Gasteiger partial charge in [0, 0.05) is 17.3 Å². The highest BCUT2D eigenvalue weighted by atomic mass is 35.5. The highest BCUT2D eigenvalue weighted by Crippen LogP contribution is 2.26. The van der Waals surface area contributed by atoms with Gasteiger partial charge in [0.05, 0.1) is 0 Å². The van der Waals surface area contributed by atoms with Crippen LogP contribution in [0.5, 0.6) is 5.75 Å². The predicted molar refractivity (Wildman–Crippen MR) is 102 cm³/mol. The third-order valence-corrected chi connectivity index (χ3v) is 5.17. The summed E-state index contributed by atoms with van der Waals surface area (Å²) in [6.45, 7) is 5.32. The Morgan fingerprint density at radius 2 is 1.96 bits per heavy atom. The molecule has 0 N–H and O–H groups in total. The van der Waals surface area contributed by atoms with Gasteiger partial charge in [0.1, 0.15) is 12.4 Å². The molecule has 0 bridgehead atoms. The number of benzene rings is 2. The first-order valence-corrected chi connectivity index (χ1v) is 9.51. The van der Waals surface area contributed by atoms with E-state index in [4.69, 9.17) is 16.3 Å². The zero-order chi connectivity index (χ0) is 17.6. The van der Waals surface area contributed by atoms with Gasteiger partial charge in [-0.1, -0.05) is 53.7 Å². The van der Waals surface area contributed by atoms with Crippen molar-refractivity contribution in [3.63, 3.8) is 0 Å². The van der Waals surface area contributed by atoms with Crippen LogP contribution in [0.4, 0.5) is 0 Å². The van der Waals surface area contributed by atoms with Gasteiger partial charge in [0.15, 0.2) is 11.0 Å². The van der Waals surface area contributed by atoms with E-state index in [2.05, 4.69) is 21.7 Å². The minimum Gasteiger partial charge on any atom is -0.486 e. The zero-order valence-electron chi connectivity index (χ0n) is 14.3. The molecule has 0 saturated carbocycles. The summed E-state index contributed by atoms with van der Waals surface area (Å²) >= 11 is 7.86. The van der Waals surface area contributed by atoms with Gasteiger partial charge in [0.2, 0.25) is 0 Å². The number of rotatable bonds is 7. The topological polar surface area (TPSA) is 39.9 Å². The normalized spacial score (nSPS) is 10.8. The summed E-state index contributed by atoms with van der Waals surface area (Å²) in [5, 5.41) is 10.3. The average molecular weight is 374 g/mol. The van der Waals surface area contributed by atoms with Crippen molar-refractivity contribution < 1.29 is 4.74 Å². The van der Waals surface area contributed by atoms with E-state index in [1.54, 1.807) is 11.8 Å². The lowest BCUT2D eigenvalue weighted by molar-refractivity contribution is 0.288. The Labute approximate surface area is 157 Å². The van der Waals surface area contributed by atoms with E-state index >= 15 is 0 Å². The Bertz CT molecular complexity index is 850. The number of hydrogen-bond donors (Lipinski definition) is 0. The molecule has 0 aliphatic carbocycles. The van der Waals surface area contributed by atoms with Crippen LogP contribution in [0.15, 0.2) is 53.7 Å². The first-order valence-electron chi connectivity index (χ1n) is 8.15. The smallest absolute Gasteiger partial charge is 0.191 e. The van der Waals surface area contributed by atoms with Crippen LogP contribution < -0.4 is 4.74 Å². The van der Waals surface area contributed by atoms with E-state index in [0.717, 1.165) is 39.6 Å². The molecular weight excluding hydrogens is 354 g/mol. The Morgan fingerprint density at radius 1 is 1.12 bits per heavy atom. The molecule has 0 saturated heterocycles. The maximum Gasteiger partial charge on any atom is 0.191 e. The molecule has 130 valence electrons. The molecular formula is C19H20ClN3OS. The maximum atomic E-state index is 6.22. The molecule has 3 aromatic rings. The number of aromatic nitrogens is 3. The third kappa shape index (κ3) is 4.55. The van der Waals surface area contributed by atoms with Gasteiger partial charge < -0.3 is 9.30 Å². The second kappa shape index (κ2) is 8.41. The Morgan fingerprint density at radius 3 is 2.72 bits per heavy atom. The van der Waals surface area contributed by atoms with Crippen LogP contribution in [0.2, 0.25) is 5.02 Å². The molecule has 0 spiro atoms.